The van der Waals surface area contributed by atoms with Crippen molar-refractivity contribution in [3.63, 3.8) is 0 Å². The Morgan fingerprint density at radius 2 is 0.838 bits per heavy atom. The van der Waals surface area contributed by atoms with Crippen LogP contribution >= 0.6 is 0 Å². The number of fused-ring (bicyclic) bond motifs is 9. The second kappa shape index (κ2) is 51.3. The van der Waals surface area contributed by atoms with Gasteiger partial charge >= 0.3 is 0 Å². The summed E-state index contributed by atoms with van der Waals surface area (Å²) in [7, 11) is -1.23. The molecule has 9 heterocycles. The van der Waals surface area contributed by atoms with Gasteiger partial charge in [0.2, 0.25) is 0 Å². The van der Waals surface area contributed by atoms with Crippen molar-refractivity contribution < 1.29 is 94.1 Å². The van der Waals surface area contributed by atoms with Gasteiger partial charge in [-0.25, -0.2) is 0 Å². The van der Waals surface area contributed by atoms with E-state index in [9.17, 15) is 0 Å². The fourth-order valence-corrected chi connectivity index (χ4v) is 19.4. The molecule has 24 rings (SSSR count). The minimum Gasteiger partial charge on any atom is -0.501 e. The van der Waals surface area contributed by atoms with Crippen LogP contribution in [0, 0.1) is 62.0 Å². The van der Waals surface area contributed by atoms with Gasteiger partial charge in [0.15, 0.2) is 0 Å². The quantitative estimate of drug-likeness (QED) is 0.0543. The van der Waals surface area contributed by atoms with Gasteiger partial charge in [0.25, 0.3) is 0 Å². The smallest absolute Gasteiger partial charge is 0.121 e. The minimum absolute atomic E-state index is 0. The van der Waals surface area contributed by atoms with Crippen LogP contribution in [-0.4, -0.2) is 38.0 Å². The number of nitrogens with zero attached hydrogens (tertiary/aromatic N) is 6. The Hall–Kier alpha value is -13.7. The number of rotatable bonds is 20. The number of para-hydroxylation sites is 1. The predicted octanol–water partition coefficient (Wildman–Crippen LogP) is 34.7. The van der Waals surface area contributed by atoms with Gasteiger partial charge < -0.3 is 43.2 Å². The first-order valence-electron chi connectivity index (χ1n) is 57.2. The van der Waals surface area contributed by atoms with E-state index in [0.29, 0.717) is 117 Å². The molecule has 0 unspecified atom stereocenters. The maximum Gasteiger partial charge on any atom is 0.121 e. The first kappa shape index (κ1) is 88.4. The third kappa shape index (κ3) is 26.7. The normalized spacial score (nSPS) is 14.6. The number of benzene rings is 13. The molecule has 0 spiro atoms. The van der Waals surface area contributed by atoms with Crippen LogP contribution in [0.5, 0.6) is 0 Å². The van der Waals surface area contributed by atoms with Crippen molar-refractivity contribution >= 4 is 79.1 Å². The van der Waals surface area contributed by atoms with Crippen LogP contribution in [0.3, 0.4) is 0 Å². The molecule has 9 aromatic heterocycles. The van der Waals surface area contributed by atoms with E-state index in [1.54, 1.807) is 79.4 Å². The zero-order chi connectivity index (χ0) is 113. The van der Waals surface area contributed by atoms with E-state index in [-0.39, 0.29) is 77.7 Å². The van der Waals surface area contributed by atoms with E-state index < -0.39 is 58.6 Å². The monoisotopic (exact) mass is 2500 g/mol. The van der Waals surface area contributed by atoms with Crippen molar-refractivity contribution in [3.05, 3.63) is 486 Å². The van der Waals surface area contributed by atoms with E-state index in [4.69, 9.17) is 33.8 Å². The predicted molar refractivity (Wildman–Crippen MR) is 603 cm³/mol. The molecule has 13 heteroatoms. The summed E-state index contributed by atoms with van der Waals surface area (Å²) in [5.41, 5.74) is 22.3. The topological polar surface area (TPSA) is 117 Å². The molecule has 0 aliphatic heterocycles. The Morgan fingerprint density at radius 1 is 0.345 bits per heavy atom. The van der Waals surface area contributed by atoms with Gasteiger partial charge in [-0.3, -0.25) is 0 Å². The Kier molecular flexibility index (Phi) is 30.6. The first-order valence-corrected chi connectivity index (χ1v) is 53.2. The van der Waals surface area contributed by atoms with E-state index in [0.717, 1.165) is 140 Å². The number of aromatic nitrogens is 6. The molecule has 2 saturated carbocycles. The third-order valence-corrected chi connectivity index (χ3v) is 28.1. The molecule has 13 aromatic carbocycles. The summed E-state index contributed by atoms with van der Waals surface area (Å²) >= 11 is 0. The SMILES string of the molecule is C[Si](C)(C)c1ccc(-c2[c-]cccc2)nc1.[2H]C(C)(C)c1ccnc(-c2[c-]ccc3c2oc2cc(C([2H])([2H])c4ccccc4)ccc23)c1.[2H]C(C)(C)c1ccnc(-c2[c-]ccc3c2oc2cccc(C([2H])([2H])c4ccccc4)c23)c1.[2H]C([2H])([2H])c1cnc(-c2[c-]cccc2)cc1-c1ccccc1.[2H]C([2H])(c1cc(-c2[c-]cccc2)ncc1C)C1CCCCC1.[2H]C([2H])(c1ccccc1)c1c[c-]c(-c2cc(C([2H])([2H])C3CCCC3)ccn2)c2oc3ccccc3c12.[Ir].[Ir].[Ir]. The van der Waals surface area contributed by atoms with Gasteiger partial charge in [0.05, 0.1) is 24.8 Å². The fourth-order valence-electron chi connectivity index (χ4n) is 18.3. The van der Waals surface area contributed by atoms with Gasteiger partial charge in [-0.1, -0.05) is 372 Å². The average molecular weight is 2500 g/mol. The molecule has 0 N–H and O–H groups in total. The maximum absolute atomic E-state index is 9.03. The van der Waals surface area contributed by atoms with E-state index in [1.807, 2.05) is 320 Å². The fraction of sp³-hybridized carbons (Fsp3) is 0.200. The van der Waals surface area contributed by atoms with Crippen LogP contribution in [0.1, 0.15) is 185 Å². The molecular formula is C135H122Ir3N6O3Si-6. The summed E-state index contributed by atoms with van der Waals surface area (Å²) < 4.78 is 147. The van der Waals surface area contributed by atoms with Crippen molar-refractivity contribution in [1.82, 2.24) is 29.9 Å². The Morgan fingerprint density at radius 3 is 1.42 bits per heavy atom. The van der Waals surface area contributed by atoms with Gasteiger partial charge in [-0.2, -0.15) is 0 Å². The van der Waals surface area contributed by atoms with Crippen LogP contribution in [0.2, 0.25) is 19.6 Å². The van der Waals surface area contributed by atoms with Crippen LogP contribution in [0.4, 0.5) is 0 Å². The number of furan rings is 3. The van der Waals surface area contributed by atoms with Gasteiger partial charge in [-0.05, 0) is 190 Å². The van der Waals surface area contributed by atoms with Gasteiger partial charge in [0.1, 0.15) is 16.7 Å². The number of hydrogen-bond donors (Lipinski definition) is 0. The molecule has 0 saturated heterocycles. The van der Waals surface area contributed by atoms with Crippen LogP contribution in [0.25, 0.3) is 144 Å². The van der Waals surface area contributed by atoms with E-state index in [1.165, 1.54) is 17.8 Å². The summed E-state index contributed by atoms with van der Waals surface area (Å²) in [6.45, 7) is 14.1. The molecule has 9 nitrogen and oxygen atoms in total. The molecule has 2 aliphatic carbocycles. The number of pyridine rings is 6. The second-order valence-corrected chi connectivity index (χ2v) is 43.0. The Balaban J connectivity index is 0.000000139. The molecule has 148 heavy (non-hydrogen) atoms. The second-order valence-electron chi connectivity index (χ2n) is 37.9. The van der Waals surface area contributed by atoms with Gasteiger partial charge in [-0.15, -0.1) is 162 Å². The van der Waals surface area contributed by atoms with Crippen molar-refractivity contribution in [1.29, 1.82) is 0 Å². The summed E-state index contributed by atoms with van der Waals surface area (Å²) in [6, 6.07) is 126. The third-order valence-electron chi connectivity index (χ3n) is 26.1. The maximum atomic E-state index is 9.03. The molecule has 0 atom stereocenters. The summed E-state index contributed by atoms with van der Waals surface area (Å²) in [5.74, 6) is -1.37. The molecular weight excluding hydrogens is 2360 g/mol. The molecule has 2 aliphatic rings. The van der Waals surface area contributed by atoms with Crippen molar-refractivity contribution in [2.75, 3.05) is 0 Å². The Bertz CT molecular complexity index is 8860. The molecule has 2 fully saturated rings. The molecule has 3 radical (unpaired) electrons. The summed E-state index contributed by atoms with van der Waals surface area (Å²) in [6.07, 6.45) is 12.0. The van der Waals surface area contributed by atoms with Crippen LogP contribution in [-0.2, 0) is 92.2 Å². The van der Waals surface area contributed by atoms with Crippen molar-refractivity contribution in [2.24, 2.45) is 11.8 Å². The summed E-state index contributed by atoms with van der Waals surface area (Å²) in [5, 5.41) is 6.34. The molecule has 747 valence electrons. The number of aryl methyl sites for hydroxylation is 2. The van der Waals surface area contributed by atoms with Crippen LogP contribution < -0.4 is 5.19 Å². The number of hydrogen-bond acceptors (Lipinski definition) is 9. The first-order chi connectivity index (χ1) is 76.6. The van der Waals surface area contributed by atoms with E-state index >= 15 is 0 Å². The molecule has 22 aromatic rings. The zero-order valence-electron chi connectivity index (χ0n) is 98.8. The molecule has 0 bridgehead atoms. The average Bonchev–Trinajstić information content (AvgIpc) is 1.61. The summed E-state index contributed by atoms with van der Waals surface area (Å²) in [4.78, 5) is 26.9. The van der Waals surface area contributed by atoms with E-state index in [2.05, 4.69) is 98.1 Å². The standard InChI is InChI=1S/C30H26NO.2C27H22NO.C19H22N.C18H14N.C14H16NSi.3Ir/c1-2-8-22(9-3-1)19-24-14-15-25(30-29(24)26-12-6-7-13-28(26)32-30)27-20-23(16-17-31-27)18-21-10-4-5-11-21;1-18(2)20-14-15-28-24(17-20)22-11-7-12-23-26-21(16-19-8-4-3-5-9-19)10-6-13-25(26)29-27(22)23;1-18(2)21-13-14-28-25(17-21)24-10-6-9-23-22-12-11-20(16-26(22)29-27(23)24)15-19-7-4-3-5-8-19;1-15-14-20-19(17-10-6-3-7-11-17)13-18(15)12-16-8-4-2-5-9-16;1-14-13-19-18(16-10-6-3-7-11-16)12-17(14)15-8-4-2-5-9-15;1-16(2,3)13-9-10-14(15-11-13)12-7-5-4-6-8-12;;;/h1-3,6-9,12-14,16-17,20-21H,4-5,10-11,18-19H2;3-10,12-15,17-18H,16H2,1-2H3;3-9,11-14,16-18H,15H2,1-2H3;3,6-7,10,13-14,16H,2,4-5,8-9,12H2,1H3;2-10,12-13H,1H3;4-7,9-11H,1-3H3;;;/q6*-1;;;/i18D2,19D2;16D2,18D;15D2,18D;12D2;1D3;;;;. The van der Waals surface area contributed by atoms with Crippen LogP contribution in [0.15, 0.2) is 396 Å². The largest absolute Gasteiger partial charge is 0.501 e. The zero-order valence-corrected chi connectivity index (χ0v) is 92.0. The minimum atomic E-state index is -2.20. The van der Waals surface area contributed by atoms with Crippen molar-refractivity contribution in [2.45, 2.75) is 163 Å². The molecule has 0 amide bonds. The van der Waals surface area contributed by atoms with Gasteiger partial charge in [0, 0.05) is 134 Å². The van der Waals surface area contributed by atoms with Crippen molar-refractivity contribution in [3.8, 4) is 78.7 Å². The Labute approximate surface area is 935 Å².